The van der Waals surface area contributed by atoms with E-state index in [0.717, 1.165) is 49.5 Å². The fourth-order valence-electron chi connectivity index (χ4n) is 2.50. The van der Waals surface area contributed by atoms with Crippen LogP contribution in [-0.4, -0.2) is 34.6 Å². The van der Waals surface area contributed by atoms with Crippen LogP contribution in [0.2, 0.25) is 0 Å². The molecule has 3 heterocycles. The molecule has 1 aliphatic rings. The summed E-state index contributed by atoms with van der Waals surface area (Å²) in [5, 5.41) is 6.36. The van der Waals surface area contributed by atoms with E-state index in [-0.39, 0.29) is 5.82 Å². The van der Waals surface area contributed by atoms with Crippen molar-refractivity contribution in [2.45, 2.75) is 32.6 Å². The van der Waals surface area contributed by atoms with E-state index < -0.39 is 0 Å². The lowest BCUT2D eigenvalue weighted by molar-refractivity contribution is 0.608. The van der Waals surface area contributed by atoms with Crippen LogP contribution in [0.1, 0.15) is 30.5 Å². The van der Waals surface area contributed by atoms with Crippen LogP contribution in [0.15, 0.2) is 11.6 Å². The molecule has 1 saturated heterocycles. The number of rotatable bonds is 6. The van der Waals surface area contributed by atoms with E-state index >= 15 is 0 Å². The highest BCUT2D eigenvalue weighted by Gasteiger charge is 2.18. The number of nitrogens with one attached hydrogen (secondary N) is 1. The van der Waals surface area contributed by atoms with Gasteiger partial charge in [-0.3, -0.25) is 0 Å². The molecular weight excluding hydrogens is 301 g/mol. The van der Waals surface area contributed by atoms with Gasteiger partial charge >= 0.3 is 0 Å². The molecule has 0 saturated carbocycles. The molecule has 1 N–H and O–H groups in total. The Morgan fingerprint density at radius 3 is 2.86 bits per heavy atom. The van der Waals surface area contributed by atoms with E-state index in [4.69, 9.17) is 0 Å². The maximum absolute atomic E-state index is 13.8. The topological polar surface area (TPSA) is 53.9 Å². The molecule has 22 heavy (non-hydrogen) atoms. The number of anilines is 2. The zero-order chi connectivity index (χ0) is 15.4. The fraction of sp³-hybridized carbons (Fsp3) is 0.533. The van der Waals surface area contributed by atoms with Crippen LogP contribution in [0.5, 0.6) is 0 Å². The second kappa shape index (κ2) is 7.00. The Balaban J connectivity index is 1.59. The maximum atomic E-state index is 13.8. The highest BCUT2D eigenvalue weighted by molar-refractivity contribution is 7.09. The predicted molar refractivity (Wildman–Crippen MR) is 87.1 cm³/mol. The van der Waals surface area contributed by atoms with E-state index in [1.54, 1.807) is 11.3 Å². The van der Waals surface area contributed by atoms with Crippen molar-refractivity contribution in [3.63, 3.8) is 0 Å². The predicted octanol–water partition coefficient (Wildman–Crippen LogP) is 2.89. The minimum atomic E-state index is -0.347. The minimum Gasteiger partial charge on any atom is -0.354 e. The Morgan fingerprint density at radius 2 is 2.14 bits per heavy atom. The van der Waals surface area contributed by atoms with Crippen molar-refractivity contribution in [2.24, 2.45) is 0 Å². The standard InChI is InChI=1S/C15H20FN5S/c1-2-11-10-22-13(19-11)5-6-17-15-18-9-12(16)14(20-15)21-7-3-4-8-21/h9-10H,2-8H2,1H3,(H,17,18,20). The molecule has 1 fully saturated rings. The molecular formula is C15H20FN5S. The first-order chi connectivity index (χ1) is 10.8. The number of aromatic nitrogens is 3. The first-order valence-corrected chi connectivity index (χ1v) is 8.59. The van der Waals surface area contributed by atoms with Crippen molar-refractivity contribution in [3.05, 3.63) is 28.1 Å². The minimum absolute atomic E-state index is 0.347. The van der Waals surface area contributed by atoms with Crippen molar-refractivity contribution in [1.29, 1.82) is 0 Å². The largest absolute Gasteiger partial charge is 0.354 e. The molecule has 0 bridgehead atoms. The summed E-state index contributed by atoms with van der Waals surface area (Å²) in [4.78, 5) is 14.8. The third-order valence-electron chi connectivity index (χ3n) is 3.71. The second-order valence-electron chi connectivity index (χ2n) is 5.32. The number of halogens is 1. The lowest BCUT2D eigenvalue weighted by Gasteiger charge is -2.17. The molecule has 2 aromatic rings. The van der Waals surface area contributed by atoms with Gasteiger partial charge in [-0.05, 0) is 19.3 Å². The van der Waals surface area contributed by atoms with Crippen molar-refractivity contribution >= 4 is 23.1 Å². The number of nitrogens with zero attached hydrogens (tertiary/aromatic N) is 4. The number of aryl methyl sites for hydroxylation is 1. The molecule has 0 atom stereocenters. The molecule has 0 amide bonds. The average molecular weight is 321 g/mol. The summed E-state index contributed by atoms with van der Waals surface area (Å²) in [7, 11) is 0. The van der Waals surface area contributed by atoms with Crippen LogP contribution < -0.4 is 10.2 Å². The molecule has 118 valence electrons. The van der Waals surface area contributed by atoms with Gasteiger partial charge in [0.05, 0.1) is 16.9 Å². The van der Waals surface area contributed by atoms with Gasteiger partial charge in [0.25, 0.3) is 0 Å². The van der Waals surface area contributed by atoms with Crippen molar-refractivity contribution in [3.8, 4) is 0 Å². The van der Waals surface area contributed by atoms with Crippen molar-refractivity contribution in [1.82, 2.24) is 15.0 Å². The van der Waals surface area contributed by atoms with Crippen LogP contribution in [0, 0.1) is 5.82 Å². The molecule has 7 heteroatoms. The monoisotopic (exact) mass is 321 g/mol. The zero-order valence-electron chi connectivity index (χ0n) is 12.7. The van der Waals surface area contributed by atoms with E-state index in [1.165, 1.54) is 6.20 Å². The summed E-state index contributed by atoms with van der Waals surface area (Å²) < 4.78 is 13.8. The van der Waals surface area contributed by atoms with Crippen molar-refractivity contribution < 1.29 is 4.39 Å². The summed E-state index contributed by atoms with van der Waals surface area (Å²) in [5.41, 5.74) is 1.13. The number of hydrogen-bond acceptors (Lipinski definition) is 6. The Labute approximate surface area is 133 Å². The van der Waals surface area contributed by atoms with Crippen LogP contribution in [0.3, 0.4) is 0 Å². The highest BCUT2D eigenvalue weighted by atomic mass is 32.1. The summed E-state index contributed by atoms with van der Waals surface area (Å²) in [6, 6.07) is 0. The lowest BCUT2D eigenvalue weighted by atomic mass is 10.4. The van der Waals surface area contributed by atoms with Crippen LogP contribution in [0.4, 0.5) is 16.2 Å². The fourth-order valence-corrected chi connectivity index (χ4v) is 3.38. The Kier molecular flexibility index (Phi) is 4.82. The smallest absolute Gasteiger partial charge is 0.224 e. The van der Waals surface area contributed by atoms with Crippen LogP contribution >= 0.6 is 11.3 Å². The van der Waals surface area contributed by atoms with Gasteiger partial charge in [0, 0.05) is 31.4 Å². The molecule has 3 rings (SSSR count). The molecule has 0 spiro atoms. The Hall–Kier alpha value is -1.76. The summed E-state index contributed by atoms with van der Waals surface area (Å²) in [6.45, 7) is 4.53. The Morgan fingerprint density at radius 1 is 1.32 bits per heavy atom. The first-order valence-electron chi connectivity index (χ1n) is 7.71. The number of hydrogen-bond donors (Lipinski definition) is 1. The van der Waals surface area contributed by atoms with E-state index in [0.29, 0.717) is 18.3 Å². The van der Waals surface area contributed by atoms with Gasteiger partial charge in [0.2, 0.25) is 5.95 Å². The summed E-state index contributed by atoms with van der Waals surface area (Å²) in [5.74, 6) is 0.549. The lowest BCUT2D eigenvalue weighted by Crippen LogP contribution is -2.21. The van der Waals surface area contributed by atoms with Crippen molar-refractivity contribution in [2.75, 3.05) is 29.9 Å². The second-order valence-corrected chi connectivity index (χ2v) is 6.26. The van der Waals surface area contributed by atoms with E-state index in [1.807, 2.05) is 4.90 Å². The van der Waals surface area contributed by atoms with E-state index in [2.05, 4.69) is 32.6 Å². The van der Waals surface area contributed by atoms with Crippen LogP contribution in [-0.2, 0) is 12.8 Å². The quantitative estimate of drug-likeness (QED) is 0.886. The third-order valence-corrected chi connectivity index (χ3v) is 4.67. The van der Waals surface area contributed by atoms with Gasteiger partial charge < -0.3 is 10.2 Å². The van der Waals surface area contributed by atoms with Gasteiger partial charge in [0.15, 0.2) is 11.6 Å². The Bertz CT molecular complexity index is 624. The van der Waals surface area contributed by atoms with Gasteiger partial charge in [-0.15, -0.1) is 11.3 Å². The summed E-state index contributed by atoms with van der Waals surface area (Å²) >= 11 is 1.68. The summed E-state index contributed by atoms with van der Waals surface area (Å²) in [6.07, 6.45) is 5.22. The number of thiazole rings is 1. The first kappa shape index (κ1) is 15.1. The van der Waals surface area contributed by atoms with Gasteiger partial charge in [0.1, 0.15) is 0 Å². The molecule has 0 unspecified atom stereocenters. The SMILES string of the molecule is CCc1csc(CCNc2ncc(F)c(N3CCCC3)n2)n1. The molecule has 0 aliphatic carbocycles. The van der Waals surface area contributed by atoms with Crippen LogP contribution in [0.25, 0.3) is 0 Å². The molecule has 5 nitrogen and oxygen atoms in total. The average Bonchev–Trinajstić information content (AvgIpc) is 3.20. The van der Waals surface area contributed by atoms with Gasteiger partial charge in [-0.1, -0.05) is 6.92 Å². The molecule has 2 aromatic heterocycles. The maximum Gasteiger partial charge on any atom is 0.224 e. The zero-order valence-corrected chi connectivity index (χ0v) is 13.5. The van der Waals surface area contributed by atoms with Gasteiger partial charge in [-0.2, -0.15) is 4.98 Å². The normalized spacial score (nSPS) is 14.5. The van der Waals surface area contributed by atoms with Gasteiger partial charge in [-0.25, -0.2) is 14.4 Å². The third kappa shape index (κ3) is 3.52. The molecule has 0 aromatic carbocycles. The van der Waals surface area contributed by atoms with E-state index in [9.17, 15) is 4.39 Å². The molecule has 0 radical (unpaired) electrons. The molecule has 1 aliphatic heterocycles. The highest BCUT2D eigenvalue weighted by Crippen LogP contribution is 2.21.